The molecule has 0 saturated carbocycles. The highest BCUT2D eigenvalue weighted by Gasteiger charge is 2.28. The second-order valence-electron chi connectivity index (χ2n) is 4.66. The van der Waals surface area contributed by atoms with E-state index < -0.39 is 0 Å². The number of likely N-dealkylation sites (tertiary alicyclic amines) is 1. The quantitative estimate of drug-likeness (QED) is 0.851. The highest BCUT2D eigenvalue weighted by molar-refractivity contribution is 9.11. The van der Waals surface area contributed by atoms with Gasteiger partial charge in [0.05, 0.1) is 8.66 Å². The first-order chi connectivity index (χ1) is 8.58. The van der Waals surface area contributed by atoms with Crippen LogP contribution in [0.15, 0.2) is 15.9 Å². The van der Waals surface area contributed by atoms with Gasteiger partial charge in [-0.1, -0.05) is 0 Å². The van der Waals surface area contributed by atoms with Crippen molar-refractivity contribution in [1.82, 2.24) is 4.90 Å². The van der Waals surface area contributed by atoms with Crippen molar-refractivity contribution in [3.05, 3.63) is 20.8 Å². The van der Waals surface area contributed by atoms with Gasteiger partial charge in [0.15, 0.2) is 0 Å². The van der Waals surface area contributed by atoms with E-state index in [-0.39, 0.29) is 17.7 Å². The van der Waals surface area contributed by atoms with Crippen molar-refractivity contribution in [1.29, 1.82) is 0 Å². The largest absolute Gasteiger partial charge is 0.335 e. The minimum Gasteiger partial charge on any atom is -0.335 e. The van der Waals surface area contributed by atoms with Gasteiger partial charge in [-0.05, 0) is 54.2 Å². The van der Waals surface area contributed by atoms with Crippen LogP contribution in [0.3, 0.4) is 0 Å². The Balaban J connectivity index is 2.13. The molecule has 5 heteroatoms. The van der Waals surface area contributed by atoms with E-state index in [4.69, 9.17) is 0 Å². The lowest BCUT2D eigenvalue weighted by atomic mass is 9.97. The molecular weight excluding hydrogens is 314 g/mol. The number of carbonyl (C=O) groups excluding carboxylic acids is 2. The van der Waals surface area contributed by atoms with E-state index in [0.29, 0.717) is 6.42 Å². The Hall–Kier alpha value is -0.680. The van der Waals surface area contributed by atoms with Crippen LogP contribution in [0.4, 0.5) is 0 Å². The number of nitrogens with zero attached hydrogens (tertiary/aromatic N) is 1. The Morgan fingerprint density at radius 1 is 1.44 bits per heavy atom. The van der Waals surface area contributed by atoms with Crippen LogP contribution >= 0.6 is 27.3 Å². The van der Waals surface area contributed by atoms with Crippen LogP contribution in [0.25, 0.3) is 0 Å². The first-order valence-corrected chi connectivity index (χ1v) is 7.74. The molecule has 0 spiro atoms. The van der Waals surface area contributed by atoms with Crippen LogP contribution in [0.2, 0.25) is 0 Å². The molecule has 0 radical (unpaired) electrons. The lowest BCUT2D eigenvalue weighted by Crippen LogP contribution is -2.44. The number of thiophene rings is 1. The number of hydrogen-bond acceptors (Lipinski definition) is 3. The fourth-order valence-electron chi connectivity index (χ4n) is 2.38. The van der Waals surface area contributed by atoms with Crippen LogP contribution in [-0.2, 0) is 4.79 Å². The van der Waals surface area contributed by atoms with Crippen molar-refractivity contribution >= 4 is 39.0 Å². The molecule has 1 aromatic heterocycles. The molecule has 0 N–H and O–H groups in total. The normalized spacial score (nSPS) is 19.9. The summed E-state index contributed by atoms with van der Waals surface area (Å²) in [6.07, 6.45) is 3.57. The summed E-state index contributed by atoms with van der Waals surface area (Å²) in [7, 11) is 0. The minimum absolute atomic E-state index is 0.0663. The smallest absolute Gasteiger partial charge is 0.264 e. The Kier molecular flexibility index (Phi) is 4.56. The van der Waals surface area contributed by atoms with E-state index in [0.717, 1.165) is 34.5 Å². The Bertz CT molecular complexity index is 458. The Morgan fingerprint density at radius 3 is 2.83 bits per heavy atom. The first-order valence-electron chi connectivity index (χ1n) is 6.13. The monoisotopic (exact) mass is 329 g/mol. The van der Waals surface area contributed by atoms with Gasteiger partial charge in [0.1, 0.15) is 5.78 Å². The molecule has 1 fully saturated rings. The van der Waals surface area contributed by atoms with Crippen LogP contribution < -0.4 is 0 Å². The van der Waals surface area contributed by atoms with Gasteiger partial charge < -0.3 is 4.90 Å². The summed E-state index contributed by atoms with van der Waals surface area (Å²) in [5.41, 5.74) is 0. The van der Waals surface area contributed by atoms with Crippen molar-refractivity contribution in [2.75, 3.05) is 6.54 Å². The van der Waals surface area contributed by atoms with Gasteiger partial charge in [0.25, 0.3) is 5.91 Å². The van der Waals surface area contributed by atoms with E-state index in [1.165, 1.54) is 11.3 Å². The average Bonchev–Trinajstić information content (AvgIpc) is 2.75. The van der Waals surface area contributed by atoms with Crippen molar-refractivity contribution in [2.45, 2.75) is 38.6 Å². The maximum absolute atomic E-state index is 12.4. The van der Waals surface area contributed by atoms with Crippen molar-refractivity contribution < 1.29 is 9.59 Å². The second-order valence-corrected chi connectivity index (χ2v) is 7.12. The van der Waals surface area contributed by atoms with Gasteiger partial charge in [-0.2, -0.15) is 0 Å². The summed E-state index contributed by atoms with van der Waals surface area (Å²) in [5.74, 6) is 0.226. The molecule has 1 atom stereocenters. The maximum atomic E-state index is 12.4. The number of piperidine rings is 1. The van der Waals surface area contributed by atoms with E-state index in [9.17, 15) is 9.59 Å². The molecule has 18 heavy (non-hydrogen) atoms. The van der Waals surface area contributed by atoms with Crippen molar-refractivity contribution in [3.8, 4) is 0 Å². The number of carbonyl (C=O) groups is 2. The number of Topliss-reactive ketones (excluding diaryl/α,β-unsaturated/α-hetero) is 1. The summed E-state index contributed by atoms with van der Waals surface area (Å²) in [5, 5.41) is 0. The minimum atomic E-state index is 0.0663. The molecule has 0 bridgehead atoms. The highest BCUT2D eigenvalue weighted by atomic mass is 79.9. The van der Waals surface area contributed by atoms with E-state index in [1.807, 2.05) is 17.0 Å². The van der Waals surface area contributed by atoms with E-state index in [2.05, 4.69) is 15.9 Å². The summed E-state index contributed by atoms with van der Waals surface area (Å²) < 4.78 is 0.964. The molecule has 1 saturated heterocycles. The fourth-order valence-corrected chi connectivity index (χ4v) is 3.72. The molecular formula is C13H16BrNO2S. The molecule has 2 heterocycles. The van der Waals surface area contributed by atoms with Crippen LogP contribution in [-0.4, -0.2) is 29.2 Å². The topological polar surface area (TPSA) is 37.4 Å². The van der Waals surface area contributed by atoms with Gasteiger partial charge >= 0.3 is 0 Å². The predicted molar refractivity (Wildman–Crippen MR) is 76.0 cm³/mol. The molecule has 0 aromatic carbocycles. The summed E-state index contributed by atoms with van der Waals surface area (Å²) in [6, 6.07) is 3.82. The fraction of sp³-hybridized carbons (Fsp3) is 0.538. The molecule has 3 nitrogen and oxygen atoms in total. The van der Waals surface area contributed by atoms with Gasteiger partial charge in [0, 0.05) is 19.0 Å². The lowest BCUT2D eigenvalue weighted by Gasteiger charge is -2.35. The number of rotatable bonds is 3. The summed E-state index contributed by atoms with van der Waals surface area (Å²) in [6.45, 7) is 2.37. The molecule has 1 aromatic rings. The second kappa shape index (κ2) is 5.97. The number of ketones is 1. The van der Waals surface area contributed by atoms with Crippen molar-refractivity contribution in [2.24, 2.45) is 0 Å². The van der Waals surface area contributed by atoms with E-state index >= 15 is 0 Å². The first kappa shape index (κ1) is 13.7. The highest BCUT2D eigenvalue weighted by Crippen LogP contribution is 2.27. The Labute approximate surface area is 119 Å². The molecule has 1 amide bonds. The molecule has 1 aliphatic rings. The third-order valence-electron chi connectivity index (χ3n) is 3.20. The molecule has 1 aliphatic heterocycles. The number of hydrogen-bond donors (Lipinski definition) is 0. The molecule has 1 unspecified atom stereocenters. The predicted octanol–water partition coefficient (Wildman–Crippen LogP) is 3.48. The zero-order chi connectivity index (χ0) is 13.1. The zero-order valence-electron chi connectivity index (χ0n) is 10.3. The van der Waals surface area contributed by atoms with Crippen LogP contribution in [0, 0.1) is 0 Å². The summed E-state index contributed by atoms with van der Waals surface area (Å²) in [4.78, 5) is 26.3. The number of amides is 1. The van der Waals surface area contributed by atoms with Gasteiger partial charge in [-0.15, -0.1) is 11.3 Å². The van der Waals surface area contributed by atoms with E-state index in [1.54, 1.807) is 6.92 Å². The molecule has 2 rings (SSSR count). The lowest BCUT2D eigenvalue weighted by molar-refractivity contribution is -0.118. The van der Waals surface area contributed by atoms with Gasteiger partial charge in [-0.25, -0.2) is 0 Å². The molecule has 0 aliphatic carbocycles. The van der Waals surface area contributed by atoms with Crippen molar-refractivity contribution in [3.63, 3.8) is 0 Å². The SMILES string of the molecule is CC(=O)CC1CCCCN1C(=O)c1ccc(Br)s1. The van der Waals surface area contributed by atoms with Crippen LogP contribution in [0.5, 0.6) is 0 Å². The number of halogens is 1. The standard InChI is InChI=1S/C13H16BrNO2S/c1-9(16)8-10-4-2-3-7-15(10)13(17)11-5-6-12(14)18-11/h5-6,10H,2-4,7-8H2,1H3. The zero-order valence-corrected chi connectivity index (χ0v) is 12.7. The average molecular weight is 330 g/mol. The van der Waals surface area contributed by atoms with Gasteiger partial charge in [-0.3, -0.25) is 9.59 Å². The third-order valence-corrected chi connectivity index (χ3v) is 4.81. The Morgan fingerprint density at radius 2 is 2.22 bits per heavy atom. The van der Waals surface area contributed by atoms with Gasteiger partial charge in [0.2, 0.25) is 0 Å². The summed E-state index contributed by atoms with van der Waals surface area (Å²) >= 11 is 4.82. The third kappa shape index (κ3) is 3.20. The maximum Gasteiger partial charge on any atom is 0.264 e. The molecule has 98 valence electrons. The van der Waals surface area contributed by atoms with Crippen LogP contribution in [0.1, 0.15) is 42.3 Å².